The molecule has 0 aliphatic heterocycles. The van der Waals surface area contributed by atoms with Crippen LogP contribution in [-0.2, 0) is 0 Å². The number of non-ortho nitro benzene ring substituents is 1. The van der Waals surface area contributed by atoms with E-state index >= 15 is 0 Å². The predicted molar refractivity (Wildman–Crippen MR) is 88.6 cm³/mol. The van der Waals surface area contributed by atoms with Gasteiger partial charge >= 0.3 is 0 Å². The maximum Gasteiger partial charge on any atom is 0.269 e. The van der Waals surface area contributed by atoms with E-state index in [1.165, 1.54) is 18.4 Å². The second-order valence-corrected chi connectivity index (χ2v) is 4.97. The Bertz CT molecular complexity index is 798. The van der Waals surface area contributed by atoms with Crippen molar-refractivity contribution < 1.29 is 14.1 Å². The molecule has 0 spiro atoms. The fourth-order valence-corrected chi connectivity index (χ4v) is 2.30. The summed E-state index contributed by atoms with van der Waals surface area (Å²) in [6.07, 6.45) is 1.53. The first-order valence-corrected chi connectivity index (χ1v) is 7.04. The number of hydrogen-bond acceptors (Lipinski definition) is 5. The Labute approximate surface area is 137 Å². The number of anilines is 3. The number of carbonyl (C=O) groups excluding carboxylic acids is 1. The number of nitrogens with two attached hydrogens (primary N) is 1. The molecule has 0 aliphatic carbocycles. The lowest BCUT2D eigenvalue weighted by Gasteiger charge is -2.22. The third-order valence-electron chi connectivity index (χ3n) is 3.46. The first kappa shape index (κ1) is 15.3. The number of rotatable bonds is 5. The van der Waals surface area contributed by atoms with Gasteiger partial charge in [-0.1, -0.05) is 0 Å². The van der Waals surface area contributed by atoms with Gasteiger partial charge in [0.2, 0.25) is 11.8 Å². The van der Waals surface area contributed by atoms with Crippen molar-refractivity contribution in [3.05, 3.63) is 82.6 Å². The van der Waals surface area contributed by atoms with Crippen molar-refractivity contribution in [1.82, 2.24) is 0 Å². The molecule has 0 saturated carbocycles. The molecule has 2 aromatic carbocycles. The van der Waals surface area contributed by atoms with Crippen LogP contribution >= 0.6 is 0 Å². The maximum atomic E-state index is 11.2. The fraction of sp³-hybridized carbons (Fsp3) is 0. The third-order valence-corrected chi connectivity index (χ3v) is 3.46. The Kier molecular flexibility index (Phi) is 3.98. The molecule has 0 bridgehead atoms. The molecule has 2 N–H and O–H groups in total. The largest absolute Gasteiger partial charge is 0.448 e. The lowest BCUT2D eigenvalue weighted by Crippen LogP contribution is -2.12. The van der Waals surface area contributed by atoms with Crippen LogP contribution in [0.4, 0.5) is 22.9 Å². The first-order valence-electron chi connectivity index (χ1n) is 7.04. The molecule has 1 heterocycles. The Hall–Kier alpha value is -3.61. The Morgan fingerprint density at radius 1 is 1.00 bits per heavy atom. The molecular formula is C17H13N3O4. The summed E-state index contributed by atoms with van der Waals surface area (Å²) in [5.74, 6) is 0.0251. The fourth-order valence-electron chi connectivity index (χ4n) is 2.30. The number of nitro benzene ring substituents is 1. The molecule has 3 rings (SSSR count). The highest BCUT2D eigenvalue weighted by molar-refractivity contribution is 5.93. The molecule has 120 valence electrons. The molecule has 0 atom stereocenters. The molecule has 0 saturated heterocycles. The molecule has 0 unspecified atom stereocenters. The van der Waals surface area contributed by atoms with Gasteiger partial charge in [0, 0.05) is 35.1 Å². The summed E-state index contributed by atoms with van der Waals surface area (Å²) in [5, 5.41) is 10.8. The van der Waals surface area contributed by atoms with Crippen LogP contribution in [0.1, 0.15) is 10.4 Å². The molecule has 7 heteroatoms. The summed E-state index contributed by atoms with van der Waals surface area (Å²) in [4.78, 5) is 23.3. The van der Waals surface area contributed by atoms with Gasteiger partial charge in [-0.3, -0.25) is 19.8 Å². The van der Waals surface area contributed by atoms with E-state index in [1.807, 2.05) is 0 Å². The standard InChI is InChI=1S/C17H13N3O4/c18-17(21)12-3-5-13(6-4-12)19(16-2-1-11-24-16)14-7-9-15(10-8-14)20(22)23/h1-11H,(H2,18,21). The van der Waals surface area contributed by atoms with Gasteiger partial charge in [0.05, 0.1) is 11.2 Å². The van der Waals surface area contributed by atoms with Crippen molar-refractivity contribution in [3.8, 4) is 0 Å². The van der Waals surface area contributed by atoms with Crippen molar-refractivity contribution in [3.63, 3.8) is 0 Å². The van der Waals surface area contributed by atoms with E-state index < -0.39 is 10.8 Å². The Morgan fingerprint density at radius 3 is 2.04 bits per heavy atom. The molecule has 3 aromatic rings. The highest BCUT2D eigenvalue weighted by atomic mass is 16.6. The number of nitrogens with zero attached hydrogens (tertiary/aromatic N) is 2. The number of carbonyl (C=O) groups is 1. The molecule has 0 fully saturated rings. The van der Waals surface area contributed by atoms with Crippen molar-refractivity contribution >= 4 is 28.9 Å². The van der Waals surface area contributed by atoms with Crippen LogP contribution < -0.4 is 10.6 Å². The number of amides is 1. The summed E-state index contributed by atoms with van der Waals surface area (Å²) < 4.78 is 5.46. The summed E-state index contributed by atoms with van der Waals surface area (Å²) in [5.41, 5.74) is 7.06. The summed E-state index contributed by atoms with van der Waals surface area (Å²) in [6, 6.07) is 16.3. The Morgan fingerprint density at radius 2 is 1.58 bits per heavy atom. The van der Waals surface area contributed by atoms with E-state index in [1.54, 1.807) is 53.4 Å². The second-order valence-electron chi connectivity index (χ2n) is 4.97. The second kappa shape index (κ2) is 6.25. The quantitative estimate of drug-likeness (QED) is 0.569. The van der Waals surface area contributed by atoms with Gasteiger partial charge in [0.1, 0.15) is 0 Å². The van der Waals surface area contributed by atoms with E-state index in [-0.39, 0.29) is 5.69 Å². The van der Waals surface area contributed by atoms with Gasteiger partial charge in [-0.2, -0.15) is 0 Å². The molecule has 0 radical (unpaired) electrons. The molecule has 1 amide bonds. The lowest BCUT2D eigenvalue weighted by atomic mass is 10.1. The summed E-state index contributed by atoms with van der Waals surface area (Å²) in [6.45, 7) is 0. The van der Waals surface area contributed by atoms with E-state index in [0.29, 0.717) is 17.1 Å². The number of nitro groups is 1. The van der Waals surface area contributed by atoms with E-state index in [4.69, 9.17) is 10.2 Å². The molecule has 7 nitrogen and oxygen atoms in total. The predicted octanol–water partition coefficient (Wildman–Crippen LogP) is 3.76. The minimum absolute atomic E-state index is 0.00206. The van der Waals surface area contributed by atoms with Crippen molar-refractivity contribution in [2.24, 2.45) is 5.73 Å². The van der Waals surface area contributed by atoms with Crippen molar-refractivity contribution in [2.45, 2.75) is 0 Å². The van der Waals surface area contributed by atoms with Gasteiger partial charge in [0.15, 0.2) is 0 Å². The highest BCUT2D eigenvalue weighted by Gasteiger charge is 2.16. The van der Waals surface area contributed by atoms with Crippen LogP contribution in [0.3, 0.4) is 0 Å². The van der Waals surface area contributed by atoms with Crippen LogP contribution in [0, 0.1) is 10.1 Å². The van der Waals surface area contributed by atoms with Crippen LogP contribution in [0.2, 0.25) is 0 Å². The SMILES string of the molecule is NC(=O)c1ccc(N(c2ccc([N+](=O)[O-])cc2)c2ccco2)cc1. The maximum absolute atomic E-state index is 11.2. The lowest BCUT2D eigenvalue weighted by molar-refractivity contribution is -0.384. The monoisotopic (exact) mass is 323 g/mol. The zero-order chi connectivity index (χ0) is 17.1. The van der Waals surface area contributed by atoms with Gasteiger partial charge in [-0.05, 0) is 42.5 Å². The number of furan rings is 1. The van der Waals surface area contributed by atoms with E-state index in [2.05, 4.69) is 0 Å². The summed E-state index contributed by atoms with van der Waals surface area (Å²) >= 11 is 0. The van der Waals surface area contributed by atoms with E-state index in [0.717, 1.165) is 5.69 Å². The highest BCUT2D eigenvalue weighted by Crippen LogP contribution is 2.35. The van der Waals surface area contributed by atoms with Gasteiger partial charge in [0.25, 0.3) is 5.69 Å². The van der Waals surface area contributed by atoms with Crippen molar-refractivity contribution in [1.29, 1.82) is 0 Å². The topological polar surface area (TPSA) is 103 Å². The van der Waals surface area contributed by atoms with E-state index in [9.17, 15) is 14.9 Å². The average molecular weight is 323 g/mol. The number of hydrogen-bond donors (Lipinski definition) is 1. The minimum Gasteiger partial charge on any atom is -0.448 e. The smallest absolute Gasteiger partial charge is 0.269 e. The molecule has 1 aromatic heterocycles. The zero-order valence-corrected chi connectivity index (χ0v) is 12.5. The van der Waals surface area contributed by atoms with Crippen LogP contribution in [0.25, 0.3) is 0 Å². The molecule has 0 aliphatic rings. The Balaban J connectivity index is 2.04. The summed E-state index contributed by atoms with van der Waals surface area (Å²) in [7, 11) is 0. The van der Waals surface area contributed by atoms with Crippen molar-refractivity contribution in [2.75, 3.05) is 4.90 Å². The van der Waals surface area contributed by atoms with Gasteiger partial charge < -0.3 is 10.2 Å². The van der Waals surface area contributed by atoms with Crippen LogP contribution in [-0.4, -0.2) is 10.8 Å². The normalized spacial score (nSPS) is 10.3. The molecular weight excluding hydrogens is 310 g/mol. The average Bonchev–Trinajstić information content (AvgIpc) is 3.10. The van der Waals surface area contributed by atoms with Gasteiger partial charge in [-0.15, -0.1) is 0 Å². The third kappa shape index (κ3) is 2.95. The first-order chi connectivity index (χ1) is 11.6. The van der Waals surface area contributed by atoms with Crippen LogP contribution in [0.15, 0.2) is 71.3 Å². The van der Waals surface area contributed by atoms with Crippen LogP contribution in [0.5, 0.6) is 0 Å². The van der Waals surface area contributed by atoms with Gasteiger partial charge in [-0.25, -0.2) is 0 Å². The zero-order valence-electron chi connectivity index (χ0n) is 12.5. The number of primary amides is 1. The minimum atomic E-state index is -0.513. The molecule has 24 heavy (non-hydrogen) atoms. The number of benzene rings is 2.